The molecule has 0 amide bonds. The van der Waals surface area contributed by atoms with Gasteiger partial charge in [0.25, 0.3) is 0 Å². The van der Waals surface area contributed by atoms with E-state index >= 15 is 0 Å². The molecule has 0 aliphatic heterocycles. The maximum Gasteiger partial charge on any atom is 0.356 e. The van der Waals surface area contributed by atoms with Gasteiger partial charge in [0, 0.05) is 18.2 Å². The first-order valence-electron chi connectivity index (χ1n) is 4.27. The lowest BCUT2D eigenvalue weighted by Crippen LogP contribution is -2.09. The number of ether oxygens (including phenoxy) is 1. The number of hydrogen-bond donors (Lipinski definition) is 1. The predicted octanol–water partition coefficient (Wildman–Crippen LogP) is 1.43. The highest BCUT2D eigenvalue weighted by molar-refractivity contribution is 7.80. The van der Waals surface area contributed by atoms with Crippen molar-refractivity contribution in [2.24, 2.45) is 5.10 Å². The lowest BCUT2D eigenvalue weighted by atomic mass is 10.4. The summed E-state index contributed by atoms with van der Waals surface area (Å²) < 4.78 is 6.32. The fourth-order valence-electron chi connectivity index (χ4n) is 0.964. The van der Waals surface area contributed by atoms with E-state index in [0.717, 1.165) is 0 Å². The number of carbonyl (C=O) groups excluding carboxylic acids is 1. The number of rotatable bonds is 4. The first-order valence-corrected chi connectivity index (χ1v) is 4.91. The quantitative estimate of drug-likeness (QED) is 0.466. The molecule has 1 rings (SSSR count). The van der Waals surface area contributed by atoms with Gasteiger partial charge in [0.1, 0.15) is 5.69 Å². The molecule has 0 saturated carbocycles. The van der Waals surface area contributed by atoms with Crippen LogP contribution in [0.25, 0.3) is 0 Å². The molecule has 0 aliphatic rings. The standard InChI is InChI=1S/C9H12N2O2S/c1-2-13-9(12)8-4-3-6-11(8)10-5-7-14/h3-6,14H,2,7H2,1H3/b10-5-. The van der Waals surface area contributed by atoms with Crippen LogP contribution in [0.3, 0.4) is 0 Å². The molecular weight excluding hydrogens is 200 g/mol. The van der Waals surface area contributed by atoms with Crippen LogP contribution in [0.4, 0.5) is 0 Å². The molecule has 0 aliphatic carbocycles. The minimum absolute atomic E-state index is 0.361. The van der Waals surface area contributed by atoms with Crippen LogP contribution in [0, 0.1) is 0 Å². The van der Waals surface area contributed by atoms with Gasteiger partial charge in [-0.2, -0.15) is 17.7 Å². The summed E-state index contributed by atoms with van der Waals surface area (Å²) in [5.74, 6) is 0.161. The summed E-state index contributed by atoms with van der Waals surface area (Å²) in [5, 5.41) is 4.00. The van der Waals surface area contributed by atoms with Crippen LogP contribution >= 0.6 is 12.6 Å². The largest absolute Gasteiger partial charge is 0.461 e. The molecule has 0 spiro atoms. The van der Waals surface area contributed by atoms with Crippen molar-refractivity contribution >= 4 is 24.8 Å². The second-order valence-electron chi connectivity index (χ2n) is 2.44. The van der Waals surface area contributed by atoms with Crippen molar-refractivity contribution in [2.75, 3.05) is 12.4 Å². The van der Waals surface area contributed by atoms with Crippen LogP contribution in [-0.2, 0) is 4.74 Å². The van der Waals surface area contributed by atoms with Gasteiger partial charge in [-0.15, -0.1) is 0 Å². The molecule has 0 bridgehead atoms. The molecular formula is C9H12N2O2S. The van der Waals surface area contributed by atoms with E-state index in [-0.39, 0.29) is 5.97 Å². The Morgan fingerprint density at radius 1 is 1.79 bits per heavy atom. The minimum Gasteiger partial charge on any atom is -0.461 e. The van der Waals surface area contributed by atoms with Crippen molar-refractivity contribution in [2.45, 2.75) is 6.92 Å². The molecule has 0 unspecified atom stereocenters. The molecule has 1 aromatic rings. The summed E-state index contributed by atoms with van der Waals surface area (Å²) >= 11 is 3.98. The van der Waals surface area contributed by atoms with Gasteiger partial charge < -0.3 is 4.74 Å². The van der Waals surface area contributed by atoms with Crippen LogP contribution in [-0.4, -0.2) is 29.2 Å². The number of aromatic nitrogens is 1. The lowest BCUT2D eigenvalue weighted by Gasteiger charge is -2.02. The molecule has 5 heteroatoms. The summed E-state index contributed by atoms with van der Waals surface area (Å²) in [6.07, 6.45) is 3.29. The Hall–Kier alpha value is -1.23. The van der Waals surface area contributed by atoms with Crippen molar-refractivity contribution in [3.63, 3.8) is 0 Å². The van der Waals surface area contributed by atoms with Crippen LogP contribution < -0.4 is 0 Å². The molecule has 0 atom stereocenters. The first-order chi connectivity index (χ1) is 6.79. The molecule has 0 aromatic carbocycles. The van der Waals surface area contributed by atoms with Crippen molar-refractivity contribution in [3.05, 3.63) is 24.0 Å². The van der Waals surface area contributed by atoms with Gasteiger partial charge in [-0.1, -0.05) is 0 Å². The topological polar surface area (TPSA) is 43.6 Å². The van der Waals surface area contributed by atoms with Crippen molar-refractivity contribution < 1.29 is 9.53 Å². The Morgan fingerprint density at radius 2 is 2.57 bits per heavy atom. The zero-order chi connectivity index (χ0) is 10.4. The molecule has 0 saturated heterocycles. The average molecular weight is 212 g/mol. The Balaban J connectivity index is 2.81. The molecule has 1 heterocycles. The SMILES string of the molecule is CCOC(=O)c1cccn1/N=C\CS. The highest BCUT2D eigenvalue weighted by Gasteiger charge is 2.10. The molecule has 0 radical (unpaired) electrons. The van der Waals surface area contributed by atoms with E-state index in [9.17, 15) is 4.79 Å². The zero-order valence-electron chi connectivity index (χ0n) is 7.88. The van der Waals surface area contributed by atoms with E-state index in [1.165, 1.54) is 4.68 Å². The number of esters is 1. The van der Waals surface area contributed by atoms with E-state index < -0.39 is 0 Å². The second-order valence-corrected chi connectivity index (χ2v) is 2.80. The molecule has 14 heavy (non-hydrogen) atoms. The van der Waals surface area contributed by atoms with E-state index in [1.54, 1.807) is 31.5 Å². The summed E-state index contributed by atoms with van der Waals surface area (Å²) in [5.41, 5.74) is 0.421. The molecule has 0 fully saturated rings. The van der Waals surface area contributed by atoms with Crippen molar-refractivity contribution in [3.8, 4) is 0 Å². The normalized spacial score (nSPS) is 10.7. The maximum atomic E-state index is 11.4. The predicted molar refractivity (Wildman–Crippen MR) is 58.1 cm³/mol. The second kappa shape index (κ2) is 5.49. The Bertz CT molecular complexity index is 333. The molecule has 0 N–H and O–H groups in total. The van der Waals surface area contributed by atoms with E-state index in [1.807, 2.05) is 0 Å². The van der Waals surface area contributed by atoms with Gasteiger partial charge in [0.05, 0.1) is 6.61 Å². The van der Waals surface area contributed by atoms with Crippen LogP contribution in [0.2, 0.25) is 0 Å². The summed E-state index contributed by atoms with van der Waals surface area (Å²) in [6, 6.07) is 3.40. The average Bonchev–Trinajstić information content (AvgIpc) is 2.63. The third kappa shape index (κ3) is 2.63. The van der Waals surface area contributed by atoms with Crippen molar-refractivity contribution in [1.29, 1.82) is 0 Å². The van der Waals surface area contributed by atoms with Gasteiger partial charge in [0.2, 0.25) is 0 Å². The number of carbonyl (C=O) groups is 1. The van der Waals surface area contributed by atoms with Crippen LogP contribution in [0.15, 0.2) is 23.4 Å². The van der Waals surface area contributed by atoms with Gasteiger partial charge in [-0.25, -0.2) is 9.47 Å². The van der Waals surface area contributed by atoms with Crippen LogP contribution in [0.1, 0.15) is 17.4 Å². The third-order valence-corrected chi connectivity index (χ3v) is 1.66. The molecule has 4 nitrogen and oxygen atoms in total. The van der Waals surface area contributed by atoms with Gasteiger partial charge >= 0.3 is 5.97 Å². The molecule has 76 valence electrons. The Kier molecular flexibility index (Phi) is 4.25. The smallest absolute Gasteiger partial charge is 0.356 e. The summed E-state index contributed by atoms with van der Waals surface area (Å²) in [4.78, 5) is 11.4. The lowest BCUT2D eigenvalue weighted by molar-refractivity contribution is 0.0515. The van der Waals surface area contributed by atoms with Gasteiger partial charge in [-0.05, 0) is 19.1 Å². The highest BCUT2D eigenvalue weighted by atomic mass is 32.1. The first kappa shape index (κ1) is 10.8. The highest BCUT2D eigenvalue weighted by Crippen LogP contribution is 2.03. The van der Waals surface area contributed by atoms with Gasteiger partial charge in [0.15, 0.2) is 0 Å². The zero-order valence-corrected chi connectivity index (χ0v) is 8.78. The fourth-order valence-corrected chi connectivity index (χ4v) is 1.04. The van der Waals surface area contributed by atoms with Crippen LogP contribution in [0.5, 0.6) is 0 Å². The maximum absolute atomic E-state index is 11.4. The fraction of sp³-hybridized carbons (Fsp3) is 0.333. The van der Waals surface area contributed by atoms with Crippen molar-refractivity contribution in [1.82, 2.24) is 4.68 Å². The minimum atomic E-state index is -0.367. The number of nitrogens with zero attached hydrogens (tertiary/aromatic N) is 2. The Morgan fingerprint density at radius 3 is 3.21 bits per heavy atom. The third-order valence-electron chi connectivity index (χ3n) is 1.50. The van der Waals surface area contributed by atoms with E-state index in [2.05, 4.69) is 17.7 Å². The van der Waals surface area contributed by atoms with Gasteiger partial charge in [-0.3, -0.25) is 0 Å². The summed E-state index contributed by atoms with van der Waals surface area (Å²) in [6.45, 7) is 2.13. The number of hydrogen-bond acceptors (Lipinski definition) is 4. The Labute approximate surface area is 88.0 Å². The monoisotopic (exact) mass is 212 g/mol. The molecule has 1 aromatic heterocycles. The van der Waals surface area contributed by atoms with E-state index in [4.69, 9.17) is 4.74 Å². The van der Waals surface area contributed by atoms with E-state index in [0.29, 0.717) is 18.1 Å². The summed E-state index contributed by atoms with van der Waals surface area (Å²) in [7, 11) is 0. The number of thiol groups is 1.